The third kappa shape index (κ3) is 6.80. The highest BCUT2D eigenvalue weighted by molar-refractivity contribution is 5.76. The summed E-state index contributed by atoms with van der Waals surface area (Å²) in [5.41, 5.74) is 0. The van der Waals surface area contributed by atoms with Crippen LogP contribution in [-0.2, 0) is 32.0 Å². The average molecular weight is 421 g/mol. The van der Waals surface area contributed by atoms with E-state index >= 15 is 0 Å². The van der Waals surface area contributed by atoms with Crippen LogP contribution in [0, 0.1) is 5.92 Å². The Morgan fingerprint density at radius 2 is 1.93 bits per heavy atom. The number of piperidine rings is 1. The molecule has 2 aliphatic heterocycles. The van der Waals surface area contributed by atoms with E-state index in [1.807, 2.05) is 4.90 Å². The van der Waals surface area contributed by atoms with Crippen molar-refractivity contribution in [3.05, 3.63) is 18.2 Å². The predicted molar refractivity (Wildman–Crippen MR) is 113 cm³/mol. The van der Waals surface area contributed by atoms with Gasteiger partial charge in [-0.25, -0.2) is 4.98 Å². The quantitative estimate of drug-likeness (QED) is 0.566. The second kappa shape index (κ2) is 11.5. The van der Waals surface area contributed by atoms with Crippen LogP contribution in [0.25, 0.3) is 0 Å². The van der Waals surface area contributed by atoms with Gasteiger partial charge in [0.2, 0.25) is 5.91 Å². The predicted octanol–water partition coefficient (Wildman–Crippen LogP) is 1.73. The van der Waals surface area contributed by atoms with Crippen molar-refractivity contribution in [2.24, 2.45) is 5.92 Å². The number of esters is 1. The monoisotopic (exact) mass is 420 g/mol. The largest absolute Gasteiger partial charge is 0.464 e. The SMILES string of the molecule is CC(C)CCOC(=O)Cn1ccnc1CCC(=O)N1CCC(N2CCOCC2)CC1. The van der Waals surface area contributed by atoms with E-state index < -0.39 is 0 Å². The summed E-state index contributed by atoms with van der Waals surface area (Å²) < 4.78 is 12.5. The van der Waals surface area contributed by atoms with E-state index in [9.17, 15) is 9.59 Å². The van der Waals surface area contributed by atoms with E-state index in [0.717, 1.165) is 64.5 Å². The van der Waals surface area contributed by atoms with Crippen LogP contribution in [-0.4, -0.2) is 83.3 Å². The third-order valence-electron chi connectivity index (χ3n) is 6.00. The molecule has 0 radical (unpaired) electrons. The molecule has 30 heavy (non-hydrogen) atoms. The Hall–Kier alpha value is -1.93. The number of carbonyl (C=O) groups excluding carboxylic acids is 2. The first kappa shape index (κ1) is 22.7. The van der Waals surface area contributed by atoms with Crippen molar-refractivity contribution in [2.45, 2.75) is 58.5 Å². The fourth-order valence-electron chi connectivity index (χ4n) is 4.11. The molecular formula is C22H36N4O4. The number of aromatic nitrogens is 2. The maximum absolute atomic E-state index is 12.7. The molecule has 1 amide bonds. The second-order valence-corrected chi connectivity index (χ2v) is 8.63. The van der Waals surface area contributed by atoms with E-state index in [1.165, 1.54) is 0 Å². The van der Waals surface area contributed by atoms with Crippen molar-refractivity contribution in [1.82, 2.24) is 19.4 Å². The van der Waals surface area contributed by atoms with Gasteiger partial charge in [-0.3, -0.25) is 14.5 Å². The number of hydrogen-bond acceptors (Lipinski definition) is 6. The highest BCUT2D eigenvalue weighted by Crippen LogP contribution is 2.18. The molecule has 1 aromatic rings. The number of imidazole rings is 1. The number of likely N-dealkylation sites (tertiary alicyclic amines) is 1. The van der Waals surface area contributed by atoms with Crippen LogP contribution in [0.1, 0.15) is 45.4 Å². The topological polar surface area (TPSA) is 76.9 Å². The van der Waals surface area contributed by atoms with Gasteiger partial charge in [-0.2, -0.15) is 0 Å². The van der Waals surface area contributed by atoms with Crippen molar-refractivity contribution in [3.8, 4) is 0 Å². The third-order valence-corrected chi connectivity index (χ3v) is 6.00. The Kier molecular flexibility index (Phi) is 8.69. The van der Waals surface area contributed by atoms with Gasteiger partial charge in [-0.05, 0) is 25.2 Å². The molecule has 0 aromatic carbocycles. The second-order valence-electron chi connectivity index (χ2n) is 8.63. The standard InChI is InChI=1S/C22H36N4O4/c1-18(2)7-14-30-22(28)17-26-11-8-23-20(26)3-4-21(27)25-9-5-19(6-10-25)24-12-15-29-16-13-24/h8,11,18-19H,3-7,9-10,12-17H2,1-2H3. The van der Waals surface area contributed by atoms with Gasteiger partial charge in [-0.1, -0.05) is 13.8 Å². The van der Waals surface area contributed by atoms with Gasteiger partial charge in [0.15, 0.2) is 0 Å². The first-order chi connectivity index (χ1) is 14.5. The molecule has 0 aliphatic carbocycles. The zero-order valence-electron chi connectivity index (χ0n) is 18.4. The summed E-state index contributed by atoms with van der Waals surface area (Å²) in [6, 6.07) is 0.568. The van der Waals surface area contributed by atoms with Gasteiger partial charge in [0.05, 0.1) is 19.8 Å². The van der Waals surface area contributed by atoms with E-state index in [-0.39, 0.29) is 18.4 Å². The van der Waals surface area contributed by atoms with Gasteiger partial charge in [0, 0.05) is 57.5 Å². The Balaban J connectivity index is 1.39. The molecule has 0 atom stereocenters. The molecule has 0 N–H and O–H groups in total. The normalized spacial score (nSPS) is 18.7. The highest BCUT2D eigenvalue weighted by Gasteiger charge is 2.27. The number of ether oxygens (including phenoxy) is 2. The lowest BCUT2D eigenvalue weighted by Crippen LogP contribution is -2.50. The number of carbonyl (C=O) groups is 2. The number of aryl methyl sites for hydroxylation is 1. The van der Waals surface area contributed by atoms with Crippen LogP contribution in [0.5, 0.6) is 0 Å². The lowest BCUT2D eigenvalue weighted by Gasteiger charge is -2.40. The van der Waals surface area contributed by atoms with Crippen molar-refractivity contribution in [2.75, 3.05) is 46.0 Å². The van der Waals surface area contributed by atoms with Crippen LogP contribution in [0.15, 0.2) is 12.4 Å². The fourth-order valence-corrected chi connectivity index (χ4v) is 4.11. The number of morpholine rings is 1. The number of hydrogen-bond donors (Lipinski definition) is 0. The van der Waals surface area contributed by atoms with Crippen molar-refractivity contribution >= 4 is 11.9 Å². The molecule has 3 rings (SSSR count). The zero-order chi connectivity index (χ0) is 21.3. The molecular weight excluding hydrogens is 384 g/mol. The van der Waals surface area contributed by atoms with Gasteiger partial charge in [-0.15, -0.1) is 0 Å². The van der Waals surface area contributed by atoms with E-state index in [1.54, 1.807) is 17.0 Å². The number of rotatable bonds is 9. The molecule has 168 valence electrons. The summed E-state index contributed by atoms with van der Waals surface area (Å²) in [5.74, 6) is 1.18. The van der Waals surface area contributed by atoms with E-state index in [0.29, 0.717) is 31.4 Å². The maximum atomic E-state index is 12.7. The molecule has 8 nitrogen and oxygen atoms in total. The summed E-state index contributed by atoms with van der Waals surface area (Å²) in [6.45, 7) is 10.1. The molecule has 1 aromatic heterocycles. The van der Waals surface area contributed by atoms with Crippen LogP contribution in [0.4, 0.5) is 0 Å². The Labute approximate surface area is 179 Å². The van der Waals surface area contributed by atoms with Crippen molar-refractivity contribution < 1.29 is 19.1 Å². The molecule has 0 spiro atoms. The van der Waals surface area contributed by atoms with Crippen molar-refractivity contribution in [1.29, 1.82) is 0 Å². The van der Waals surface area contributed by atoms with Crippen LogP contribution in [0.3, 0.4) is 0 Å². The maximum Gasteiger partial charge on any atom is 0.325 e. The number of nitrogens with zero attached hydrogens (tertiary/aromatic N) is 4. The Bertz CT molecular complexity index is 676. The smallest absolute Gasteiger partial charge is 0.325 e. The molecule has 3 heterocycles. The van der Waals surface area contributed by atoms with Crippen LogP contribution in [0.2, 0.25) is 0 Å². The van der Waals surface area contributed by atoms with E-state index in [4.69, 9.17) is 9.47 Å². The van der Waals surface area contributed by atoms with Crippen molar-refractivity contribution in [3.63, 3.8) is 0 Å². The lowest BCUT2D eigenvalue weighted by atomic mass is 10.0. The summed E-state index contributed by atoms with van der Waals surface area (Å²) in [6.07, 6.45) is 7.33. The first-order valence-corrected chi connectivity index (χ1v) is 11.3. The lowest BCUT2D eigenvalue weighted by molar-refractivity contribution is -0.144. The summed E-state index contributed by atoms with van der Waals surface area (Å²) in [5, 5.41) is 0. The van der Waals surface area contributed by atoms with Gasteiger partial charge in [0.1, 0.15) is 12.4 Å². The molecule has 2 fully saturated rings. The number of amides is 1. The van der Waals surface area contributed by atoms with Gasteiger partial charge < -0.3 is 18.9 Å². The van der Waals surface area contributed by atoms with Crippen LogP contribution < -0.4 is 0 Å². The zero-order valence-corrected chi connectivity index (χ0v) is 18.4. The van der Waals surface area contributed by atoms with Gasteiger partial charge >= 0.3 is 5.97 Å². The highest BCUT2D eigenvalue weighted by atomic mass is 16.5. The van der Waals surface area contributed by atoms with Crippen LogP contribution >= 0.6 is 0 Å². The molecule has 2 saturated heterocycles. The molecule has 0 saturated carbocycles. The summed E-state index contributed by atoms with van der Waals surface area (Å²) in [4.78, 5) is 33.5. The molecule has 2 aliphatic rings. The minimum Gasteiger partial charge on any atom is -0.464 e. The average Bonchev–Trinajstić information content (AvgIpc) is 3.19. The minimum atomic E-state index is -0.258. The molecule has 8 heteroatoms. The Morgan fingerprint density at radius 1 is 1.20 bits per heavy atom. The Morgan fingerprint density at radius 3 is 2.63 bits per heavy atom. The first-order valence-electron chi connectivity index (χ1n) is 11.3. The minimum absolute atomic E-state index is 0.145. The van der Waals surface area contributed by atoms with E-state index in [2.05, 4.69) is 23.7 Å². The fraction of sp³-hybridized carbons (Fsp3) is 0.773. The molecule has 0 bridgehead atoms. The summed E-state index contributed by atoms with van der Waals surface area (Å²) in [7, 11) is 0. The van der Waals surface area contributed by atoms with Gasteiger partial charge in [0.25, 0.3) is 0 Å². The summed E-state index contributed by atoms with van der Waals surface area (Å²) >= 11 is 0. The molecule has 0 unspecified atom stereocenters.